The van der Waals surface area contributed by atoms with Crippen LogP contribution in [0.1, 0.15) is 32.3 Å². The molecule has 1 rings (SSSR count). The van der Waals surface area contributed by atoms with Gasteiger partial charge in [-0.3, -0.25) is 0 Å². The maximum Gasteiger partial charge on any atom is 0.113 e. The molecule has 0 aliphatic heterocycles. The summed E-state index contributed by atoms with van der Waals surface area (Å²) in [5.74, 6) is 0.486. The van der Waals surface area contributed by atoms with E-state index in [-0.39, 0.29) is 0 Å². The minimum atomic E-state index is -0.856. The lowest BCUT2D eigenvalue weighted by molar-refractivity contribution is -0.0518. The summed E-state index contributed by atoms with van der Waals surface area (Å²) in [5.41, 5.74) is 0.0861. The van der Waals surface area contributed by atoms with Gasteiger partial charge in [-0.05, 0) is 17.9 Å². The molecule has 0 saturated carbocycles. The lowest BCUT2D eigenvalue weighted by Gasteiger charge is -2.30. The lowest BCUT2D eigenvalue weighted by Crippen LogP contribution is -2.33. The van der Waals surface area contributed by atoms with E-state index in [9.17, 15) is 5.11 Å². The Kier molecular flexibility index (Phi) is 4.97. The zero-order valence-electron chi connectivity index (χ0n) is 10.4. The third-order valence-corrected chi connectivity index (χ3v) is 3.08. The Balaban J connectivity index is 2.88. The minimum Gasteiger partial charge on any atom is -0.383 e. The molecule has 2 unspecified atom stereocenters. The first kappa shape index (κ1) is 13.2. The van der Waals surface area contributed by atoms with Gasteiger partial charge in [-0.2, -0.15) is 0 Å². The van der Waals surface area contributed by atoms with Crippen molar-refractivity contribution in [3.05, 3.63) is 35.9 Å². The van der Waals surface area contributed by atoms with E-state index in [1.165, 1.54) is 0 Å². The Bertz CT molecular complexity index is 297. The molecule has 0 heterocycles. The van der Waals surface area contributed by atoms with Crippen molar-refractivity contribution in [3.8, 4) is 0 Å². The lowest BCUT2D eigenvalue weighted by atomic mass is 9.85. The molecule has 1 aromatic carbocycles. The smallest absolute Gasteiger partial charge is 0.113 e. The van der Waals surface area contributed by atoms with Crippen LogP contribution in [0.5, 0.6) is 0 Å². The van der Waals surface area contributed by atoms with Gasteiger partial charge in [0.1, 0.15) is 5.60 Å². The van der Waals surface area contributed by atoms with E-state index in [1.807, 2.05) is 30.3 Å². The summed E-state index contributed by atoms with van der Waals surface area (Å²) in [6.45, 7) is 4.65. The molecular formula is C14H22O2. The monoisotopic (exact) mass is 222 g/mol. The van der Waals surface area contributed by atoms with E-state index in [4.69, 9.17) is 4.74 Å². The van der Waals surface area contributed by atoms with Gasteiger partial charge in [0, 0.05) is 7.11 Å². The molecule has 90 valence electrons. The average Bonchev–Trinajstić information content (AvgIpc) is 2.30. The number of hydrogen-bond donors (Lipinski definition) is 1. The predicted molar refractivity (Wildman–Crippen MR) is 66.3 cm³/mol. The van der Waals surface area contributed by atoms with Crippen LogP contribution in [0.25, 0.3) is 0 Å². The van der Waals surface area contributed by atoms with E-state index >= 15 is 0 Å². The molecule has 0 saturated heterocycles. The van der Waals surface area contributed by atoms with Crippen molar-refractivity contribution in [2.75, 3.05) is 13.7 Å². The highest BCUT2D eigenvalue weighted by atomic mass is 16.5. The van der Waals surface area contributed by atoms with Crippen LogP contribution in [0, 0.1) is 5.92 Å². The van der Waals surface area contributed by atoms with E-state index in [0.717, 1.165) is 18.4 Å². The normalized spacial score (nSPS) is 16.8. The van der Waals surface area contributed by atoms with Crippen LogP contribution in [0.15, 0.2) is 30.3 Å². The van der Waals surface area contributed by atoms with Gasteiger partial charge in [0.15, 0.2) is 0 Å². The van der Waals surface area contributed by atoms with Gasteiger partial charge in [0.05, 0.1) is 6.61 Å². The van der Waals surface area contributed by atoms with Crippen LogP contribution in [0.2, 0.25) is 0 Å². The topological polar surface area (TPSA) is 29.5 Å². The molecule has 2 nitrogen and oxygen atoms in total. The number of rotatable bonds is 6. The molecule has 0 fully saturated rings. The van der Waals surface area contributed by atoms with Crippen molar-refractivity contribution in [2.24, 2.45) is 5.92 Å². The first-order valence-electron chi connectivity index (χ1n) is 5.89. The summed E-state index contributed by atoms with van der Waals surface area (Å²) in [6.07, 6.45) is 1.81. The fraction of sp³-hybridized carbons (Fsp3) is 0.571. The number of benzene rings is 1. The van der Waals surface area contributed by atoms with Gasteiger partial charge >= 0.3 is 0 Å². The van der Waals surface area contributed by atoms with Gasteiger partial charge in [-0.15, -0.1) is 0 Å². The Morgan fingerprint density at radius 3 is 2.44 bits per heavy atom. The molecule has 1 aromatic rings. The highest BCUT2D eigenvalue weighted by Gasteiger charge is 2.30. The van der Waals surface area contributed by atoms with Crippen molar-refractivity contribution >= 4 is 0 Å². The van der Waals surface area contributed by atoms with Gasteiger partial charge in [0.25, 0.3) is 0 Å². The average molecular weight is 222 g/mol. The number of aliphatic hydroxyl groups is 1. The second-order valence-corrected chi connectivity index (χ2v) is 4.55. The summed E-state index contributed by atoms with van der Waals surface area (Å²) in [6, 6.07) is 9.78. The van der Waals surface area contributed by atoms with Gasteiger partial charge < -0.3 is 9.84 Å². The number of methoxy groups -OCH3 is 1. The summed E-state index contributed by atoms with van der Waals surface area (Å²) >= 11 is 0. The second kappa shape index (κ2) is 6.02. The molecule has 16 heavy (non-hydrogen) atoms. The zero-order valence-corrected chi connectivity index (χ0v) is 10.4. The Hall–Kier alpha value is -0.860. The minimum absolute atomic E-state index is 0.349. The number of hydrogen-bond acceptors (Lipinski definition) is 2. The van der Waals surface area contributed by atoms with Crippen LogP contribution < -0.4 is 0 Å². The van der Waals surface area contributed by atoms with E-state index in [0.29, 0.717) is 12.5 Å². The van der Waals surface area contributed by atoms with E-state index in [2.05, 4.69) is 13.8 Å². The standard InChI is InChI=1S/C14H22O2/c1-4-12(2)10-14(15,11-16-3)13-8-6-5-7-9-13/h5-9,12,15H,4,10-11H2,1-3H3. The first-order valence-corrected chi connectivity index (χ1v) is 5.89. The van der Waals surface area contributed by atoms with Crippen molar-refractivity contribution in [2.45, 2.75) is 32.3 Å². The molecule has 0 bridgehead atoms. The summed E-state index contributed by atoms with van der Waals surface area (Å²) in [5, 5.41) is 10.7. The molecular weight excluding hydrogens is 200 g/mol. The maximum absolute atomic E-state index is 10.7. The van der Waals surface area contributed by atoms with Gasteiger partial charge in [-0.25, -0.2) is 0 Å². The molecule has 0 amide bonds. The van der Waals surface area contributed by atoms with Crippen LogP contribution in [0.4, 0.5) is 0 Å². The highest BCUT2D eigenvalue weighted by Crippen LogP contribution is 2.30. The third kappa shape index (κ3) is 3.32. The largest absolute Gasteiger partial charge is 0.383 e. The molecule has 0 radical (unpaired) electrons. The fourth-order valence-electron chi connectivity index (χ4n) is 1.97. The summed E-state index contributed by atoms with van der Waals surface area (Å²) < 4.78 is 5.16. The molecule has 1 N–H and O–H groups in total. The summed E-state index contributed by atoms with van der Waals surface area (Å²) in [4.78, 5) is 0. The Labute approximate surface area is 98.3 Å². The second-order valence-electron chi connectivity index (χ2n) is 4.55. The molecule has 0 aromatic heterocycles. The van der Waals surface area contributed by atoms with Crippen molar-refractivity contribution in [1.29, 1.82) is 0 Å². The van der Waals surface area contributed by atoms with Gasteiger partial charge in [-0.1, -0.05) is 50.6 Å². The molecule has 0 spiro atoms. The van der Waals surface area contributed by atoms with E-state index in [1.54, 1.807) is 7.11 Å². The van der Waals surface area contributed by atoms with Crippen LogP contribution in [-0.4, -0.2) is 18.8 Å². The Morgan fingerprint density at radius 2 is 1.94 bits per heavy atom. The Morgan fingerprint density at radius 1 is 1.31 bits per heavy atom. The molecule has 2 atom stereocenters. The van der Waals surface area contributed by atoms with Crippen LogP contribution in [0.3, 0.4) is 0 Å². The van der Waals surface area contributed by atoms with Crippen LogP contribution >= 0.6 is 0 Å². The maximum atomic E-state index is 10.7. The van der Waals surface area contributed by atoms with Crippen molar-refractivity contribution in [1.82, 2.24) is 0 Å². The molecule has 2 heteroatoms. The quantitative estimate of drug-likeness (QED) is 0.802. The van der Waals surface area contributed by atoms with E-state index < -0.39 is 5.60 Å². The first-order chi connectivity index (χ1) is 7.62. The SMILES string of the molecule is CCC(C)CC(O)(COC)c1ccccc1. The number of ether oxygens (including phenoxy) is 1. The zero-order chi connectivity index (χ0) is 12.0. The molecule has 0 aliphatic rings. The summed E-state index contributed by atoms with van der Waals surface area (Å²) in [7, 11) is 1.63. The fourth-order valence-corrected chi connectivity index (χ4v) is 1.97. The molecule has 0 aliphatic carbocycles. The highest BCUT2D eigenvalue weighted by molar-refractivity contribution is 5.22. The van der Waals surface area contributed by atoms with Crippen molar-refractivity contribution < 1.29 is 9.84 Å². The van der Waals surface area contributed by atoms with Crippen molar-refractivity contribution in [3.63, 3.8) is 0 Å². The third-order valence-electron chi connectivity index (χ3n) is 3.08. The van der Waals surface area contributed by atoms with Gasteiger partial charge in [0.2, 0.25) is 0 Å². The van der Waals surface area contributed by atoms with Crippen LogP contribution in [-0.2, 0) is 10.3 Å². The predicted octanol–water partition coefficient (Wildman–Crippen LogP) is 2.96.